The van der Waals surface area contributed by atoms with Crippen LogP contribution in [0.1, 0.15) is 13.8 Å². The number of allylic oxidation sites excluding steroid dienone is 1. The van der Waals surface area contributed by atoms with Gasteiger partial charge in [-0.15, -0.1) is 11.8 Å². The smallest absolute Gasteiger partial charge is 0.0355 e. The second-order valence-corrected chi connectivity index (χ2v) is 2.40. The Balaban J connectivity index is 3.57. The van der Waals surface area contributed by atoms with Gasteiger partial charge in [-0.2, -0.15) is 0 Å². The SMILES string of the molecule is CC=N/C=C(/C)SC. The molecule has 0 saturated heterocycles. The summed E-state index contributed by atoms with van der Waals surface area (Å²) in [5.74, 6) is 0. The van der Waals surface area contributed by atoms with Crippen LogP contribution in [-0.4, -0.2) is 12.5 Å². The van der Waals surface area contributed by atoms with Gasteiger partial charge in [0.2, 0.25) is 0 Å². The van der Waals surface area contributed by atoms with Crippen LogP contribution in [0, 0.1) is 0 Å². The van der Waals surface area contributed by atoms with Crippen LogP contribution < -0.4 is 0 Å². The molecule has 0 radical (unpaired) electrons. The summed E-state index contributed by atoms with van der Waals surface area (Å²) >= 11 is 1.71. The molecule has 0 amide bonds. The van der Waals surface area contributed by atoms with Crippen LogP contribution >= 0.6 is 11.8 Å². The minimum Gasteiger partial charge on any atom is -0.269 e. The summed E-state index contributed by atoms with van der Waals surface area (Å²) in [5, 5.41) is 0. The minimum absolute atomic E-state index is 1.24. The Hall–Kier alpha value is -0.240. The topological polar surface area (TPSA) is 12.4 Å². The summed E-state index contributed by atoms with van der Waals surface area (Å²) in [4.78, 5) is 5.17. The molecule has 0 aliphatic carbocycles. The van der Waals surface area contributed by atoms with Gasteiger partial charge < -0.3 is 0 Å². The van der Waals surface area contributed by atoms with Gasteiger partial charge in [-0.25, -0.2) is 0 Å². The average Bonchev–Trinajstić information content (AvgIpc) is 1.83. The summed E-state index contributed by atoms with van der Waals surface area (Å²) in [6.45, 7) is 3.95. The van der Waals surface area contributed by atoms with Crippen molar-refractivity contribution in [3.05, 3.63) is 11.1 Å². The number of hydrogen-bond acceptors (Lipinski definition) is 2. The van der Waals surface area contributed by atoms with Crippen LogP contribution in [0.2, 0.25) is 0 Å². The van der Waals surface area contributed by atoms with Crippen molar-refractivity contribution < 1.29 is 0 Å². The summed E-state index contributed by atoms with van der Waals surface area (Å²) in [6.07, 6.45) is 5.67. The highest BCUT2D eigenvalue weighted by molar-refractivity contribution is 8.02. The lowest BCUT2D eigenvalue weighted by Gasteiger charge is -1.86. The molecule has 2 heteroatoms. The summed E-state index contributed by atoms with van der Waals surface area (Å²) < 4.78 is 0. The van der Waals surface area contributed by atoms with E-state index in [1.165, 1.54) is 4.91 Å². The maximum Gasteiger partial charge on any atom is 0.0355 e. The van der Waals surface area contributed by atoms with E-state index in [1.807, 2.05) is 26.3 Å². The largest absolute Gasteiger partial charge is 0.269 e. The van der Waals surface area contributed by atoms with Crippen molar-refractivity contribution in [1.82, 2.24) is 0 Å². The number of aliphatic imine (C=N–C) groups is 1. The molecule has 0 aromatic rings. The van der Waals surface area contributed by atoms with Crippen LogP contribution in [0.15, 0.2) is 16.1 Å². The molecule has 0 atom stereocenters. The van der Waals surface area contributed by atoms with Gasteiger partial charge in [-0.3, -0.25) is 4.99 Å². The second kappa shape index (κ2) is 4.91. The fraction of sp³-hybridized carbons (Fsp3) is 0.500. The summed E-state index contributed by atoms with van der Waals surface area (Å²) in [5.41, 5.74) is 0. The fourth-order valence-corrected chi connectivity index (χ4v) is 0.398. The van der Waals surface area contributed by atoms with E-state index in [0.29, 0.717) is 0 Å². The van der Waals surface area contributed by atoms with E-state index in [9.17, 15) is 0 Å². The van der Waals surface area contributed by atoms with Crippen molar-refractivity contribution in [2.75, 3.05) is 6.26 Å². The number of hydrogen-bond donors (Lipinski definition) is 0. The summed E-state index contributed by atoms with van der Waals surface area (Å²) in [7, 11) is 0. The highest BCUT2D eigenvalue weighted by Gasteiger charge is 1.76. The Morgan fingerprint density at radius 2 is 2.25 bits per heavy atom. The van der Waals surface area contributed by atoms with Crippen LogP contribution in [0.25, 0.3) is 0 Å². The van der Waals surface area contributed by atoms with E-state index < -0.39 is 0 Å². The Morgan fingerprint density at radius 1 is 1.62 bits per heavy atom. The van der Waals surface area contributed by atoms with Gasteiger partial charge in [0.15, 0.2) is 0 Å². The molecule has 0 unspecified atom stereocenters. The molecule has 0 saturated carbocycles. The summed E-state index contributed by atoms with van der Waals surface area (Å²) in [6, 6.07) is 0. The van der Waals surface area contributed by atoms with E-state index in [2.05, 4.69) is 4.99 Å². The third kappa shape index (κ3) is 3.93. The van der Waals surface area contributed by atoms with Gasteiger partial charge in [-0.05, 0) is 25.0 Å². The molecule has 0 spiro atoms. The first-order chi connectivity index (χ1) is 3.81. The molecule has 0 aliphatic heterocycles. The van der Waals surface area contributed by atoms with Crippen molar-refractivity contribution >= 4 is 18.0 Å². The van der Waals surface area contributed by atoms with Crippen molar-refractivity contribution in [3.63, 3.8) is 0 Å². The van der Waals surface area contributed by atoms with Crippen molar-refractivity contribution in [1.29, 1.82) is 0 Å². The zero-order valence-electron chi connectivity index (χ0n) is 5.51. The maximum absolute atomic E-state index is 3.93. The molecule has 46 valence electrons. The van der Waals surface area contributed by atoms with Gasteiger partial charge in [-0.1, -0.05) is 0 Å². The molecule has 1 nitrogen and oxygen atoms in total. The lowest BCUT2D eigenvalue weighted by Crippen LogP contribution is -1.61. The predicted molar refractivity (Wildman–Crippen MR) is 41.4 cm³/mol. The molecular formula is C6H11NS. The van der Waals surface area contributed by atoms with Crippen molar-refractivity contribution in [2.24, 2.45) is 4.99 Å². The third-order valence-corrected chi connectivity index (χ3v) is 1.48. The van der Waals surface area contributed by atoms with Crippen LogP contribution in [0.3, 0.4) is 0 Å². The van der Waals surface area contributed by atoms with Crippen LogP contribution in [-0.2, 0) is 0 Å². The van der Waals surface area contributed by atoms with Gasteiger partial charge in [0.1, 0.15) is 0 Å². The lowest BCUT2D eigenvalue weighted by atomic mass is 10.7. The van der Waals surface area contributed by atoms with E-state index in [1.54, 1.807) is 18.0 Å². The van der Waals surface area contributed by atoms with E-state index >= 15 is 0 Å². The predicted octanol–water partition coefficient (Wildman–Crippen LogP) is 2.30. The molecule has 0 N–H and O–H groups in total. The van der Waals surface area contributed by atoms with Gasteiger partial charge >= 0.3 is 0 Å². The Labute approximate surface area is 54.9 Å². The lowest BCUT2D eigenvalue weighted by molar-refractivity contribution is 1.51. The maximum atomic E-state index is 3.93. The molecule has 0 fully saturated rings. The fourth-order valence-electron chi connectivity index (χ4n) is 0.232. The van der Waals surface area contributed by atoms with Crippen LogP contribution in [0.4, 0.5) is 0 Å². The minimum atomic E-state index is 1.24. The molecule has 0 aromatic heterocycles. The van der Waals surface area contributed by atoms with Gasteiger partial charge in [0.25, 0.3) is 0 Å². The molecule has 0 aromatic carbocycles. The zero-order chi connectivity index (χ0) is 6.41. The molecule has 0 aliphatic rings. The Bertz CT molecular complexity index is 105. The van der Waals surface area contributed by atoms with E-state index in [4.69, 9.17) is 0 Å². The first-order valence-electron chi connectivity index (χ1n) is 2.49. The highest BCUT2D eigenvalue weighted by Crippen LogP contribution is 2.08. The molecule has 0 bridgehead atoms. The Morgan fingerprint density at radius 3 is 2.62 bits per heavy atom. The molecule has 0 rings (SSSR count). The van der Waals surface area contributed by atoms with Crippen molar-refractivity contribution in [3.8, 4) is 0 Å². The number of thioether (sulfide) groups is 1. The van der Waals surface area contributed by atoms with Gasteiger partial charge in [0.05, 0.1) is 0 Å². The monoisotopic (exact) mass is 129 g/mol. The Kier molecular flexibility index (Phi) is 4.76. The number of rotatable bonds is 2. The normalized spacial score (nSPS) is 13.1. The van der Waals surface area contributed by atoms with E-state index in [0.717, 1.165) is 0 Å². The first-order valence-corrected chi connectivity index (χ1v) is 3.72. The standard InChI is InChI=1S/C6H11NS/c1-4-7-5-6(2)8-3/h4-5H,1-3H3/b6-5-,7-4?. The van der Waals surface area contributed by atoms with Crippen LogP contribution in [0.5, 0.6) is 0 Å². The zero-order valence-corrected chi connectivity index (χ0v) is 6.33. The molecule has 0 heterocycles. The average molecular weight is 129 g/mol. The quantitative estimate of drug-likeness (QED) is 0.521. The van der Waals surface area contributed by atoms with Gasteiger partial charge in [0, 0.05) is 12.4 Å². The molecular weight excluding hydrogens is 118 g/mol. The third-order valence-electron chi connectivity index (χ3n) is 0.727. The molecule has 8 heavy (non-hydrogen) atoms. The second-order valence-electron chi connectivity index (χ2n) is 1.35. The van der Waals surface area contributed by atoms with Crippen molar-refractivity contribution in [2.45, 2.75) is 13.8 Å². The van der Waals surface area contributed by atoms with E-state index in [-0.39, 0.29) is 0 Å². The highest BCUT2D eigenvalue weighted by atomic mass is 32.2. The first kappa shape index (κ1) is 7.76. The number of nitrogens with zero attached hydrogens (tertiary/aromatic N) is 1.